The molecule has 0 radical (unpaired) electrons. The van der Waals surface area contributed by atoms with E-state index in [2.05, 4.69) is 27.3 Å². The fraction of sp³-hybridized carbons (Fsp3) is 0.533. The van der Waals surface area contributed by atoms with Crippen molar-refractivity contribution in [2.75, 3.05) is 26.2 Å². The van der Waals surface area contributed by atoms with E-state index in [1.54, 1.807) is 0 Å². The fourth-order valence-electron chi connectivity index (χ4n) is 2.99. The molecule has 1 unspecified atom stereocenters. The lowest BCUT2D eigenvalue weighted by Gasteiger charge is -2.35. The molecule has 1 aromatic rings. The monoisotopic (exact) mass is 277 g/mol. The summed E-state index contributed by atoms with van der Waals surface area (Å²) in [6.07, 6.45) is 3.91. The number of hydrogen-bond acceptors (Lipinski definition) is 3. The Hall–Kier alpha value is -1.06. The van der Waals surface area contributed by atoms with Crippen molar-refractivity contribution in [3.8, 4) is 0 Å². The third-order valence-corrected chi connectivity index (χ3v) is 4.11. The minimum absolute atomic E-state index is 0.251. The van der Waals surface area contributed by atoms with Crippen molar-refractivity contribution in [3.63, 3.8) is 0 Å². The SMILES string of the molecule is Clc1cccc(C(C2=NCCN2)N2CCCCC2)c1. The maximum absolute atomic E-state index is 6.16. The summed E-state index contributed by atoms with van der Waals surface area (Å²) in [5.74, 6) is 1.11. The summed E-state index contributed by atoms with van der Waals surface area (Å²) in [5, 5.41) is 4.24. The highest BCUT2D eigenvalue weighted by Crippen LogP contribution is 2.28. The van der Waals surface area contributed by atoms with Gasteiger partial charge in [0.1, 0.15) is 5.84 Å². The molecule has 0 spiro atoms. The van der Waals surface area contributed by atoms with E-state index in [0.29, 0.717) is 0 Å². The van der Waals surface area contributed by atoms with Crippen LogP contribution in [-0.4, -0.2) is 36.9 Å². The summed E-state index contributed by atoms with van der Waals surface area (Å²) >= 11 is 6.16. The van der Waals surface area contributed by atoms with Crippen molar-refractivity contribution < 1.29 is 0 Å². The molecule has 3 rings (SSSR count). The van der Waals surface area contributed by atoms with Crippen LogP contribution >= 0.6 is 11.6 Å². The highest BCUT2D eigenvalue weighted by Gasteiger charge is 2.28. The van der Waals surface area contributed by atoms with Gasteiger partial charge in [-0.25, -0.2) is 0 Å². The molecule has 0 aromatic heterocycles. The van der Waals surface area contributed by atoms with Crippen LogP contribution in [0.1, 0.15) is 30.9 Å². The first-order chi connectivity index (χ1) is 9.34. The molecule has 3 nitrogen and oxygen atoms in total. The molecule has 2 heterocycles. The topological polar surface area (TPSA) is 27.6 Å². The molecule has 1 N–H and O–H groups in total. The van der Waals surface area contributed by atoms with Crippen LogP contribution in [0.4, 0.5) is 0 Å². The Labute approximate surface area is 119 Å². The number of benzene rings is 1. The Morgan fingerprint density at radius 1 is 1.21 bits per heavy atom. The second-order valence-corrected chi connectivity index (χ2v) is 5.68. The maximum atomic E-state index is 6.16. The van der Waals surface area contributed by atoms with Crippen LogP contribution in [0.15, 0.2) is 29.3 Å². The first kappa shape index (κ1) is 12.9. The van der Waals surface area contributed by atoms with Crippen molar-refractivity contribution >= 4 is 17.4 Å². The van der Waals surface area contributed by atoms with Crippen molar-refractivity contribution in [1.29, 1.82) is 0 Å². The minimum atomic E-state index is 0.251. The van der Waals surface area contributed by atoms with Gasteiger partial charge in [0, 0.05) is 11.6 Å². The number of rotatable bonds is 3. The summed E-state index contributed by atoms with van der Waals surface area (Å²) in [7, 11) is 0. The van der Waals surface area contributed by atoms with E-state index in [0.717, 1.165) is 37.0 Å². The second kappa shape index (κ2) is 5.93. The predicted molar refractivity (Wildman–Crippen MR) is 79.9 cm³/mol. The Balaban J connectivity index is 1.91. The van der Waals surface area contributed by atoms with E-state index < -0.39 is 0 Å². The third kappa shape index (κ3) is 2.93. The predicted octanol–water partition coefficient (Wildman–Crippen LogP) is 2.87. The molecule has 2 aliphatic heterocycles. The second-order valence-electron chi connectivity index (χ2n) is 5.25. The quantitative estimate of drug-likeness (QED) is 0.920. The molecule has 4 heteroatoms. The molecule has 2 aliphatic rings. The van der Waals surface area contributed by atoms with Crippen molar-refractivity contribution in [1.82, 2.24) is 10.2 Å². The first-order valence-corrected chi connectivity index (χ1v) is 7.50. The Kier molecular flexibility index (Phi) is 4.04. The van der Waals surface area contributed by atoms with E-state index in [1.807, 2.05) is 12.1 Å². The van der Waals surface area contributed by atoms with Gasteiger partial charge < -0.3 is 5.32 Å². The average molecular weight is 278 g/mol. The lowest BCUT2D eigenvalue weighted by atomic mass is 10.0. The summed E-state index contributed by atoms with van der Waals surface area (Å²) in [6, 6.07) is 8.45. The van der Waals surface area contributed by atoms with E-state index in [-0.39, 0.29) is 6.04 Å². The summed E-state index contributed by atoms with van der Waals surface area (Å²) in [4.78, 5) is 7.17. The number of likely N-dealkylation sites (tertiary alicyclic amines) is 1. The Morgan fingerprint density at radius 2 is 2.05 bits per heavy atom. The van der Waals surface area contributed by atoms with Gasteiger partial charge in [0.05, 0.1) is 12.6 Å². The number of nitrogens with zero attached hydrogens (tertiary/aromatic N) is 2. The van der Waals surface area contributed by atoms with Gasteiger partial charge in [-0.1, -0.05) is 30.2 Å². The molecular weight excluding hydrogens is 258 g/mol. The van der Waals surface area contributed by atoms with Gasteiger partial charge in [0.2, 0.25) is 0 Å². The smallest absolute Gasteiger partial charge is 0.119 e. The number of nitrogens with one attached hydrogen (secondary N) is 1. The molecule has 0 saturated carbocycles. The van der Waals surface area contributed by atoms with Crippen LogP contribution in [0.25, 0.3) is 0 Å². The van der Waals surface area contributed by atoms with Crippen LogP contribution in [0.3, 0.4) is 0 Å². The lowest BCUT2D eigenvalue weighted by Crippen LogP contribution is -2.41. The van der Waals surface area contributed by atoms with Crippen LogP contribution < -0.4 is 5.32 Å². The van der Waals surface area contributed by atoms with Crippen LogP contribution in [0, 0.1) is 0 Å². The molecule has 0 aliphatic carbocycles. The zero-order chi connectivity index (χ0) is 13.1. The van der Waals surface area contributed by atoms with Gasteiger partial charge >= 0.3 is 0 Å². The molecule has 1 saturated heterocycles. The summed E-state index contributed by atoms with van der Waals surface area (Å²) in [5.41, 5.74) is 1.25. The lowest BCUT2D eigenvalue weighted by molar-refractivity contribution is 0.201. The normalized spacial score (nSPS) is 21.8. The van der Waals surface area contributed by atoms with Crippen LogP contribution in [0.2, 0.25) is 5.02 Å². The summed E-state index contributed by atoms with van der Waals surface area (Å²) in [6.45, 7) is 4.15. The fourth-order valence-corrected chi connectivity index (χ4v) is 3.19. The van der Waals surface area contributed by atoms with Gasteiger partial charge in [-0.2, -0.15) is 0 Å². The minimum Gasteiger partial charge on any atom is -0.370 e. The molecule has 19 heavy (non-hydrogen) atoms. The highest BCUT2D eigenvalue weighted by atomic mass is 35.5. The maximum Gasteiger partial charge on any atom is 0.119 e. The average Bonchev–Trinajstić information content (AvgIpc) is 2.94. The number of piperidine rings is 1. The third-order valence-electron chi connectivity index (χ3n) is 3.88. The first-order valence-electron chi connectivity index (χ1n) is 7.12. The highest BCUT2D eigenvalue weighted by molar-refractivity contribution is 6.30. The standard InChI is InChI=1S/C15H20ClN3/c16-13-6-4-5-12(11-13)14(15-17-7-8-18-15)19-9-2-1-3-10-19/h4-6,11,14H,1-3,7-10H2,(H,17,18). The van der Waals surface area contributed by atoms with Crippen molar-refractivity contribution in [2.24, 2.45) is 4.99 Å². The van der Waals surface area contributed by atoms with Gasteiger partial charge in [-0.15, -0.1) is 0 Å². The Morgan fingerprint density at radius 3 is 2.74 bits per heavy atom. The Bertz CT molecular complexity index is 466. The van der Waals surface area contributed by atoms with E-state index in [1.165, 1.54) is 24.8 Å². The number of aliphatic imine (C=N–C) groups is 1. The van der Waals surface area contributed by atoms with E-state index in [9.17, 15) is 0 Å². The number of halogens is 1. The van der Waals surface area contributed by atoms with Crippen LogP contribution in [0.5, 0.6) is 0 Å². The van der Waals surface area contributed by atoms with Gasteiger partial charge in [0.25, 0.3) is 0 Å². The van der Waals surface area contributed by atoms with Crippen molar-refractivity contribution in [2.45, 2.75) is 25.3 Å². The molecular formula is C15H20ClN3. The number of amidine groups is 1. The van der Waals surface area contributed by atoms with Crippen molar-refractivity contribution in [3.05, 3.63) is 34.9 Å². The van der Waals surface area contributed by atoms with Gasteiger partial charge in [-0.3, -0.25) is 9.89 Å². The molecule has 0 amide bonds. The summed E-state index contributed by atoms with van der Waals surface area (Å²) < 4.78 is 0. The molecule has 1 atom stereocenters. The largest absolute Gasteiger partial charge is 0.370 e. The molecule has 1 fully saturated rings. The number of hydrogen-bond donors (Lipinski definition) is 1. The zero-order valence-corrected chi connectivity index (χ0v) is 11.9. The van der Waals surface area contributed by atoms with Gasteiger partial charge in [0.15, 0.2) is 0 Å². The van der Waals surface area contributed by atoms with Crippen LogP contribution in [-0.2, 0) is 0 Å². The van der Waals surface area contributed by atoms with Gasteiger partial charge in [-0.05, 0) is 43.6 Å². The molecule has 0 bridgehead atoms. The van der Waals surface area contributed by atoms with E-state index >= 15 is 0 Å². The zero-order valence-electron chi connectivity index (χ0n) is 11.1. The van der Waals surface area contributed by atoms with E-state index in [4.69, 9.17) is 11.6 Å². The molecule has 102 valence electrons. The molecule has 1 aromatic carbocycles.